The van der Waals surface area contributed by atoms with Gasteiger partial charge >= 0.3 is 0 Å². The standard InChI is InChI=1S/C12H14ClF2NO2S/c13-5-3-9-4-6-16(8-9)19(17,18)10-1-2-11(14)12(15)7-10/h1-2,7,9H,3-6,8H2. The van der Waals surface area contributed by atoms with E-state index in [-0.39, 0.29) is 10.8 Å². The maximum absolute atomic E-state index is 13.1. The highest BCUT2D eigenvalue weighted by molar-refractivity contribution is 7.89. The largest absolute Gasteiger partial charge is 0.243 e. The molecule has 1 atom stereocenters. The van der Waals surface area contributed by atoms with Gasteiger partial charge in [-0.15, -0.1) is 11.6 Å². The minimum atomic E-state index is -3.75. The molecule has 0 N–H and O–H groups in total. The molecule has 1 fully saturated rings. The Hall–Kier alpha value is -0.720. The summed E-state index contributed by atoms with van der Waals surface area (Å²) in [4.78, 5) is -0.210. The number of hydrogen-bond donors (Lipinski definition) is 0. The Balaban J connectivity index is 2.21. The van der Waals surface area contributed by atoms with Crippen LogP contribution in [0.1, 0.15) is 12.8 Å². The van der Waals surface area contributed by atoms with Crippen molar-refractivity contribution < 1.29 is 17.2 Å². The van der Waals surface area contributed by atoms with Crippen LogP contribution in [0, 0.1) is 17.6 Å². The van der Waals surface area contributed by atoms with E-state index in [1.807, 2.05) is 0 Å². The van der Waals surface area contributed by atoms with Gasteiger partial charge in [-0.1, -0.05) is 0 Å². The van der Waals surface area contributed by atoms with Crippen LogP contribution >= 0.6 is 11.6 Å². The van der Waals surface area contributed by atoms with E-state index in [0.717, 1.165) is 31.0 Å². The molecule has 1 aromatic rings. The molecule has 0 saturated carbocycles. The smallest absolute Gasteiger partial charge is 0.207 e. The maximum Gasteiger partial charge on any atom is 0.243 e. The van der Waals surface area contributed by atoms with Gasteiger partial charge in [-0.25, -0.2) is 17.2 Å². The summed E-state index contributed by atoms with van der Waals surface area (Å²) in [7, 11) is -3.75. The Morgan fingerprint density at radius 1 is 1.32 bits per heavy atom. The lowest BCUT2D eigenvalue weighted by Gasteiger charge is -2.16. The molecule has 7 heteroatoms. The SMILES string of the molecule is O=S(=O)(c1ccc(F)c(F)c1)N1CCC(CCCl)C1. The molecule has 0 radical (unpaired) electrons. The van der Waals surface area contributed by atoms with Crippen LogP contribution in [0.15, 0.2) is 23.1 Å². The van der Waals surface area contributed by atoms with E-state index in [9.17, 15) is 17.2 Å². The fourth-order valence-corrected chi connectivity index (χ4v) is 4.04. The van der Waals surface area contributed by atoms with E-state index in [0.29, 0.717) is 19.0 Å². The van der Waals surface area contributed by atoms with Gasteiger partial charge < -0.3 is 0 Å². The van der Waals surface area contributed by atoms with Crippen LogP contribution in [0.3, 0.4) is 0 Å². The Labute approximate surface area is 116 Å². The summed E-state index contributed by atoms with van der Waals surface area (Å²) in [6.45, 7) is 0.775. The first kappa shape index (κ1) is 14.7. The molecule has 19 heavy (non-hydrogen) atoms. The third kappa shape index (κ3) is 3.07. The van der Waals surface area contributed by atoms with Crippen LogP contribution in [0.4, 0.5) is 8.78 Å². The van der Waals surface area contributed by atoms with Crippen molar-refractivity contribution in [1.29, 1.82) is 0 Å². The molecule has 0 amide bonds. The molecular weight excluding hydrogens is 296 g/mol. The van der Waals surface area contributed by atoms with E-state index in [4.69, 9.17) is 11.6 Å². The first-order valence-electron chi connectivity index (χ1n) is 5.96. The van der Waals surface area contributed by atoms with E-state index >= 15 is 0 Å². The molecule has 1 aliphatic heterocycles. The number of rotatable bonds is 4. The second-order valence-electron chi connectivity index (χ2n) is 4.57. The fraction of sp³-hybridized carbons (Fsp3) is 0.500. The first-order chi connectivity index (χ1) is 8.95. The second-order valence-corrected chi connectivity index (χ2v) is 6.89. The van der Waals surface area contributed by atoms with Crippen molar-refractivity contribution in [2.75, 3.05) is 19.0 Å². The van der Waals surface area contributed by atoms with E-state index in [1.165, 1.54) is 4.31 Å². The summed E-state index contributed by atoms with van der Waals surface area (Å²) in [5, 5.41) is 0. The number of hydrogen-bond acceptors (Lipinski definition) is 2. The van der Waals surface area contributed by atoms with Crippen molar-refractivity contribution in [3.8, 4) is 0 Å². The fourth-order valence-electron chi connectivity index (χ4n) is 2.19. The van der Waals surface area contributed by atoms with Crippen LogP contribution in [0.25, 0.3) is 0 Å². The minimum absolute atomic E-state index is 0.210. The van der Waals surface area contributed by atoms with Crippen LogP contribution < -0.4 is 0 Å². The zero-order valence-corrected chi connectivity index (χ0v) is 11.7. The van der Waals surface area contributed by atoms with E-state index in [2.05, 4.69) is 0 Å². The molecule has 106 valence electrons. The van der Waals surface area contributed by atoms with Gasteiger partial charge in [0.25, 0.3) is 0 Å². The Morgan fingerprint density at radius 2 is 2.05 bits per heavy atom. The van der Waals surface area contributed by atoms with Crippen LogP contribution in [0.5, 0.6) is 0 Å². The summed E-state index contributed by atoms with van der Waals surface area (Å²) in [5.74, 6) is -1.49. The van der Waals surface area contributed by atoms with E-state index in [1.54, 1.807) is 0 Å². The van der Waals surface area contributed by atoms with Crippen molar-refractivity contribution in [3.63, 3.8) is 0 Å². The Morgan fingerprint density at radius 3 is 2.68 bits per heavy atom. The van der Waals surface area contributed by atoms with Gasteiger partial charge in [0.2, 0.25) is 10.0 Å². The molecule has 1 unspecified atom stereocenters. The number of nitrogens with zero attached hydrogens (tertiary/aromatic N) is 1. The molecule has 3 nitrogen and oxygen atoms in total. The topological polar surface area (TPSA) is 37.4 Å². The average Bonchev–Trinajstić information content (AvgIpc) is 2.82. The molecule has 0 aromatic heterocycles. The summed E-state index contributed by atoms with van der Waals surface area (Å²) >= 11 is 5.64. The van der Waals surface area contributed by atoms with Gasteiger partial charge in [0, 0.05) is 19.0 Å². The van der Waals surface area contributed by atoms with Gasteiger partial charge in [-0.3, -0.25) is 0 Å². The number of halogens is 3. The highest BCUT2D eigenvalue weighted by Gasteiger charge is 2.32. The number of benzene rings is 1. The zero-order valence-electron chi connectivity index (χ0n) is 10.2. The average molecular weight is 310 g/mol. The van der Waals surface area contributed by atoms with Gasteiger partial charge in [0.1, 0.15) is 0 Å². The Kier molecular flexibility index (Phi) is 4.43. The summed E-state index contributed by atoms with van der Waals surface area (Å²) in [6.07, 6.45) is 1.50. The summed E-state index contributed by atoms with van der Waals surface area (Å²) in [6, 6.07) is 2.64. The lowest BCUT2D eigenvalue weighted by molar-refractivity contribution is 0.451. The molecule has 0 bridgehead atoms. The van der Waals surface area contributed by atoms with Gasteiger partial charge in [0.05, 0.1) is 4.90 Å². The molecule has 1 saturated heterocycles. The van der Waals surface area contributed by atoms with Crippen LogP contribution in [-0.4, -0.2) is 31.7 Å². The lowest BCUT2D eigenvalue weighted by atomic mass is 10.1. The van der Waals surface area contributed by atoms with Crippen molar-refractivity contribution >= 4 is 21.6 Å². The minimum Gasteiger partial charge on any atom is -0.207 e. The molecule has 0 spiro atoms. The number of alkyl halides is 1. The summed E-state index contributed by atoms with van der Waals surface area (Å²) in [5.41, 5.74) is 0. The monoisotopic (exact) mass is 309 g/mol. The normalized spacial score (nSPS) is 20.9. The van der Waals surface area contributed by atoms with Crippen molar-refractivity contribution in [3.05, 3.63) is 29.8 Å². The van der Waals surface area contributed by atoms with Gasteiger partial charge in [0.15, 0.2) is 11.6 Å². The van der Waals surface area contributed by atoms with Crippen LogP contribution in [-0.2, 0) is 10.0 Å². The molecule has 1 aromatic carbocycles. The predicted octanol–water partition coefficient (Wildman–Crippen LogP) is 2.60. The molecule has 2 rings (SSSR count). The van der Waals surface area contributed by atoms with Crippen LogP contribution in [0.2, 0.25) is 0 Å². The second kappa shape index (κ2) is 5.73. The quantitative estimate of drug-likeness (QED) is 0.802. The van der Waals surface area contributed by atoms with Crippen molar-refractivity contribution in [2.45, 2.75) is 17.7 Å². The van der Waals surface area contributed by atoms with Gasteiger partial charge in [-0.05, 0) is 37.0 Å². The highest BCUT2D eigenvalue weighted by atomic mass is 35.5. The van der Waals surface area contributed by atoms with Crippen molar-refractivity contribution in [1.82, 2.24) is 4.31 Å². The third-order valence-corrected chi connectivity index (χ3v) is 5.37. The molecule has 1 heterocycles. The third-order valence-electron chi connectivity index (χ3n) is 3.29. The maximum atomic E-state index is 13.1. The molecule has 0 aliphatic carbocycles. The lowest BCUT2D eigenvalue weighted by Crippen LogP contribution is -2.29. The Bertz CT molecular complexity index is 565. The van der Waals surface area contributed by atoms with Gasteiger partial charge in [-0.2, -0.15) is 4.31 Å². The highest BCUT2D eigenvalue weighted by Crippen LogP contribution is 2.27. The van der Waals surface area contributed by atoms with Crippen molar-refractivity contribution in [2.24, 2.45) is 5.92 Å². The zero-order chi connectivity index (χ0) is 14.0. The predicted molar refractivity (Wildman–Crippen MR) is 68.6 cm³/mol. The molecular formula is C12H14ClF2NO2S. The molecule has 1 aliphatic rings. The first-order valence-corrected chi connectivity index (χ1v) is 7.94. The van der Waals surface area contributed by atoms with E-state index < -0.39 is 21.7 Å². The number of sulfonamides is 1. The summed E-state index contributed by atoms with van der Waals surface area (Å²) < 4.78 is 51.8.